The standard InChI is InChI=1S/C26H25ClN4O5/c1-13(35-20-10-11-28-25-16(20)6-9-21(32)30-25)4-8-19-14(2)22-23(24(22)36-19)31-26(33)29-18-12-15(34-3)5-7-17(18)27/h4-5,7-8,10-12,22-24H,2,6,9H2,1,3H3,(H,28,30,32)(H2,29,31,33)/b13-4+,19-8+/t22-,23-,24-/m0/s1. The number of ether oxygens (including phenoxy) is 3. The van der Waals surface area contributed by atoms with Crippen LogP contribution in [0.3, 0.4) is 0 Å². The van der Waals surface area contributed by atoms with Gasteiger partial charge in [-0.3, -0.25) is 4.79 Å². The van der Waals surface area contributed by atoms with E-state index in [0.29, 0.717) is 52.4 Å². The van der Waals surface area contributed by atoms with Crippen LogP contribution in [0.5, 0.6) is 11.5 Å². The summed E-state index contributed by atoms with van der Waals surface area (Å²) in [6, 6.07) is 6.26. The van der Waals surface area contributed by atoms with Gasteiger partial charge in [-0.2, -0.15) is 0 Å². The number of urea groups is 1. The first kappa shape index (κ1) is 23.7. The van der Waals surface area contributed by atoms with Gasteiger partial charge in [-0.15, -0.1) is 0 Å². The van der Waals surface area contributed by atoms with Crippen LogP contribution < -0.4 is 25.4 Å². The number of nitrogens with zero attached hydrogens (tertiary/aromatic N) is 1. The van der Waals surface area contributed by atoms with Crippen LogP contribution in [0, 0.1) is 5.92 Å². The number of pyridine rings is 1. The molecule has 0 bridgehead atoms. The highest BCUT2D eigenvalue weighted by molar-refractivity contribution is 6.33. The Bertz CT molecular complexity index is 1320. The fraction of sp³-hybridized carbons (Fsp3) is 0.269. The van der Waals surface area contributed by atoms with Gasteiger partial charge < -0.3 is 30.2 Å². The number of amides is 3. The quantitative estimate of drug-likeness (QED) is 0.493. The van der Waals surface area contributed by atoms with Gasteiger partial charge in [-0.1, -0.05) is 18.2 Å². The molecule has 3 amide bonds. The predicted molar refractivity (Wildman–Crippen MR) is 135 cm³/mol. The molecule has 2 fully saturated rings. The minimum absolute atomic E-state index is 0.00762. The van der Waals surface area contributed by atoms with Crippen LogP contribution in [0.15, 0.2) is 66.3 Å². The maximum Gasteiger partial charge on any atom is 0.319 e. The van der Waals surface area contributed by atoms with E-state index in [4.69, 9.17) is 25.8 Å². The molecule has 3 N–H and O–H groups in total. The zero-order valence-electron chi connectivity index (χ0n) is 19.8. The van der Waals surface area contributed by atoms with E-state index in [2.05, 4.69) is 27.5 Å². The van der Waals surface area contributed by atoms with Gasteiger partial charge in [0.15, 0.2) is 0 Å². The Morgan fingerprint density at radius 1 is 1.33 bits per heavy atom. The maximum atomic E-state index is 12.5. The van der Waals surface area contributed by atoms with Crippen molar-refractivity contribution < 1.29 is 23.8 Å². The molecule has 5 rings (SSSR count). The van der Waals surface area contributed by atoms with Gasteiger partial charge in [-0.05, 0) is 49.3 Å². The summed E-state index contributed by atoms with van der Waals surface area (Å²) in [6.07, 6.45) is 6.03. The molecule has 0 spiro atoms. The molecule has 2 aromatic rings. The van der Waals surface area contributed by atoms with E-state index in [1.54, 1.807) is 43.6 Å². The van der Waals surface area contributed by atoms with Crippen molar-refractivity contribution in [2.75, 3.05) is 17.7 Å². The first-order chi connectivity index (χ1) is 17.3. The minimum Gasteiger partial charge on any atom is -0.497 e. The van der Waals surface area contributed by atoms with Crippen molar-refractivity contribution >= 4 is 35.0 Å². The summed E-state index contributed by atoms with van der Waals surface area (Å²) < 4.78 is 17.2. The Balaban J connectivity index is 1.17. The number of rotatable bonds is 6. The molecular weight excluding hydrogens is 484 g/mol. The number of allylic oxidation sites excluding steroid dienone is 4. The van der Waals surface area contributed by atoms with Gasteiger partial charge >= 0.3 is 6.03 Å². The zero-order valence-corrected chi connectivity index (χ0v) is 20.5. The van der Waals surface area contributed by atoms with E-state index in [-0.39, 0.29) is 30.0 Å². The Kier molecular flexibility index (Phi) is 6.32. The molecule has 0 unspecified atom stereocenters. The number of anilines is 2. The lowest BCUT2D eigenvalue weighted by Gasteiger charge is -2.18. The number of fused-ring (bicyclic) bond motifs is 2. The number of hydrogen-bond acceptors (Lipinski definition) is 6. The van der Waals surface area contributed by atoms with E-state index in [9.17, 15) is 9.59 Å². The van der Waals surface area contributed by atoms with E-state index >= 15 is 0 Å². The van der Waals surface area contributed by atoms with Crippen LogP contribution in [0.25, 0.3) is 0 Å². The van der Waals surface area contributed by atoms with E-state index in [0.717, 1.165) is 11.1 Å². The molecule has 10 heteroatoms. The molecule has 1 aromatic carbocycles. The predicted octanol–water partition coefficient (Wildman–Crippen LogP) is 4.57. The summed E-state index contributed by atoms with van der Waals surface area (Å²) >= 11 is 6.16. The first-order valence-corrected chi connectivity index (χ1v) is 11.8. The lowest BCUT2D eigenvalue weighted by molar-refractivity contribution is -0.116. The fourth-order valence-electron chi connectivity index (χ4n) is 4.34. The molecular formula is C26H25ClN4O5. The van der Waals surface area contributed by atoms with Gasteiger partial charge in [-0.25, -0.2) is 9.78 Å². The lowest BCUT2D eigenvalue weighted by Crippen LogP contribution is -2.34. The number of halogens is 1. The molecule has 3 heterocycles. The summed E-state index contributed by atoms with van der Waals surface area (Å²) in [5, 5.41) is 8.83. The zero-order chi connectivity index (χ0) is 25.4. The maximum absolute atomic E-state index is 12.5. The molecule has 36 heavy (non-hydrogen) atoms. The molecule has 1 aliphatic carbocycles. The van der Waals surface area contributed by atoms with Crippen molar-refractivity contribution in [3.05, 3.63) is 76.9 Å². The van der Waals surface area contributed by atoms with Crippen molar-refractivity contribution in [1.82, 2.24) is 10.3 Å². The van der Waals surface area contributed by atoms with Crippen molar-refractivity contribution in [3.63, 3.8) is 0 Å². The molecule has 3 aliphatic rings. The normalized spacial score (nSPS) is 23.2. The average molecular weight is 509 g/mol. The Morgan fingerprint density at radius 3 is 2.92 bits per heavy atom. The van der Waals surface area contributed by atoms with Crippen LogP contribution in [0.1, 0.15) is 18.9 Å². The molecule has 1 aromatic heterocycles. The highest BCUT2D eigenvalue weighted by Crippen LogP contribution is 2.50. The van der Waals surface area contributed by atoms with E-state index < -0.39 is 0 Å². The fourth-order valence-corrected chi connectivity index (χ4v) is 4.50. The van der Waals surface area contributed by atoms with Crippen molar-refractivity contribution in [3.8, 4) is 11.5 Å². The van der Waals surface area contributed by atoms with Crippen LogP contribution >= 0.6 is 11.6 Å². The molecule has 0 radical (unpaired) electrons. The number of benzene rings is 1. The number of hydrogen-bond donors (Lipinski definition) is 3. The third kappa shape index (κ3) is 4.74. The molecule has 9 nitrogen and oxygen atoms in total. The highest BCUT2D eigenvalue weighted by Gasteiger charge is 2.60. The number of carbonyl (C=O) groups excluding carboxylic acids is 2. The Morgan fingerprint density at radius 2 is 2.17 bits per heavy atom. The number of aromatic nitrogens is 1. The summed E-state index contributed by atoms with van der Waals surface area (Å²) in [5.74, 6) is 3.06. The Labute approximate surface area is 213 Å². The van der Waals surface area contributed by atoms with Crippen molar-refractivity contribution in [1.29, 1.82) is 0 Å². The van der Waals surface area contributed by atoms with Crippen molar-refractivity contribution in [2.45, 2.75) is 31.9 Å². The number of methoxy groups -OCH3 is 1. The molecule has 186 valence electrons. The smallest absolute Gasteiger partial charge is 0.319 e. The SMILES string of the molecule is C=C1/C(=C\C=C(/C)Oc2ccnc3c2CCC(=O)N3)O[C@@H]2[C@@H](NC(=O)Nc3cc(OC)ccc3Cl)[C@H]12. The van der Waals surface area contributed by atoms with Gasteiger partial charge in [0, 0.05) is 24.2 Å². The van der Waals surface area contributed by atoms with Gasteiger partial charge in [0.1, 0.15) is 34.9 Å². The first-order valence-electron chi connectivity index (χ1n) is 11.4. The summed E-state index contributed by atoms with van der Waals surface area (Å²) in [6.45, 7) is 5.98. The number of carbonyl (C=O) groups is 2. The second-order valence-electron chi connectivity index (χ2n) is 8.70. The van der Waals surface area contributed by atoms with E-state index in [1.807, 2.05) is 13.0 Å². The summed E-state index contributed by atoms with van der Waals surface area (Å²) in [5.41, 5.74) is 2.15. The molecule has 1 saturated carbocycles. The molecule has 3 atom stereocenters. The minimum atomic E-state index is -0.382. The second-order valence-corrected chi connectivity index (χ2v) is 9.11. The van der Waals surface area contributed by atoms with Gasteiger partial charge in [0.05, 0.1) is 29.8 Å². The van der Waals surface area contributed by atoms with Crippen LogP contribution in [-0.4, -0.2) is 36.2 Å². The largest absolute Gasteiger partial charge is 0.497 e. The van der Waals surface area contributed by atoms with Crippen LogP contribution in [0.4, 0.5) is 16.3 Å². The summed E-state index contributed by atoms with van der Waals surface area (Å²) in [7, 11) is 1.54. The van der Waals surface area contributed by atoms with Crippen LogP contribution in [0.2, 0.25) is 5.02 Å². The highest BCUT2D eigenvalue weighted by atomic mass is 35.5. The van der Waals surface area contributed by atoms with Crippen LogP contribution in [-0.2, 0) is 16.0 Å². The molecule has 2 aliphatic heterocycles. The average Bonchev–Trinajstić information content (AvgIpc) is 3.41. The Hall–Kier alpha value is -3.98. The third-order valence-corrected chi connectivity index (χ3v) is 6.60. The molecule has 1 saturated heterocycles. The number of nitrogens with one attached hydrogen (secondary N) is 3. The van der Waals surface area contributed by atoms with Crippen molar-refractivity contribution in [2.24, 2.45) is 5.92 Å². The monoisotopic (exact) mass is 508 g/mol. The lowest BCUT2D eigenvalue weighted by atomic mass is 10.1. The van der Waals surface area contributed by atoms with Gasteiger partial charge in [0.25, 0.3) is 0 Å². The topological polar surface area (TPSA) is 111 Å². The van der Waals surface area contributed by atoms with E-state index in [1.165, 1.54) is 0 Å². The summed E-state index contributed by atoms with van der Waals surface area (Å²) in [4.78, 5) is 28.3. The third-order valence-electron chi connectivity index (χ3n) is 6.27. The van der Waals surface area contributed by atoms with Gasteiger partial charge in [0.2, 0.25) is 5.91 Å². The second kappa shape index (κ2) is 9.58.